The third kappa shape index (κ3) is 2.48. The molecule has 13 heavy (non-hydrogen) atoms. The third-order valence-electron chi connectivity index (χ3n) is 4.37. The molecule has 0 aliphatic heterocycles. The highest BCUT2D eigenvalue weighted by molar-refractivity contribution is 4.93. The van der Waals surface area contributed by atoms with Crippen molar-refractivity contribution in [1.29, 1.82) is 0 Å². The van der Waals surface area contributed by atoms with Gasteiger partial charge in [-0.2, -0.15) is 0 Å². The molecule has 0 N–H and O–H groups in total. The maximum atomic E-state index is 2.45. The van der Waals surface area contributed by atoms with E-state index in [1.54, 1.807) is 0 Å². The summed E-state index contributed by atoms with van der Waals surface area (Å²) in [4.78, 5) is 0. The molecule has 0 saturated heterocycles. The monoisotopic (exact) mass is 182 g/mol. The average molecular weight is 182 g/mol. The van der Waals surface area contributed by atoms with Crippen molar-refractivity contribution in [2.45, 2.75) is 66.2 Å². The molecule has 0 aromatic carbocycles. The molecule has 1 fully saturated rings. The Morgan fingerprint density at radius 1 is 1.15 bits per heavy atom. The number of rotatable bonds is 5. The molecule has 78 valence electrons. The van der Waals surface area contributed by atoms with Crippen molar-refractivity contribution in [3.63, 3.8) is 0 Å². The summed E-state index contributed by atoms with van der Waals surface area (Å²) in [6.07, 6.45) is 8.69. The summed E-state index contributed by atoms with van der Waals surface area (Å²) >= 11 is 0. The van der Waals surface area contributed by atoms with Crippen LogP contribution < -0.4 is 0 Å². The van der Waals surface area contributed by atoms with E-state index in [1.807, 2.05) is 0 Å². The van der Waals surface area contributed by atoms with Crippen LogP contribution in [0.3, 0.4) is 0 Å². The first-order valence-corrected chi connectivity index (χ1v) is 6.09. The lowest BCUT2D eigenvalue weighted by atomic mass is 9.54. The zero-order valence-corrected chi connectivity index (χ0v) is 9.90. The Morgan fingerprint density at radius 3 is 2.31 bits per heavy atom. The third-order valence-corrected chi connectivity index (χ3v) is 4.37. The topological polar surface area (TPSA) is 0 Å². The zero-order valence-electron chi connectivity index (χ0n) is 9.90. The van der Waals surface area contributed by atoms with E-state index in [9.17, 15) is 0 Å². The molecule has 0 aromatic rings. The summed E-state index contributed by atoms with van der Waals surface area (Å²) in [5, 5.41) is 0. The van der Waals surface area contributed by atoms with Gasteiger partial charge in [0.15, 0.2) is 0 Å². The normalized spacial score (nSPS) is 31.4. The maximum Gasteiger partial charge on any atom is -0.0300 e. The second-order valence-corrected chi connectivity index (χ2v) is 5.50. The predicted molar refractivity (Wildman–Crippen MR) is 59.8 cm³/mol. The van der Waals surface area contributed by atoms with Crippen LogP contribution >= 0.6 is 0 Å². The highest BCUT2D eigenvalue weighted by Crippen LogP contribution is 2.52. The molecule has 0 amide bonds. The summed E-state index contributed by atoms with van der Waals surface area (Å²) in [7, 11) is 0. The lowest BCUT2D eigenvalue weighted by Gasteiger charge is -2.51. The Balaban J connectivity index is 2.10. The molecule has 1 aliphatic rings. The van der Waals surface area contributed by atoms with Gasteiger partial charge in [-0.3, -0.25) is 0 Å². The second kappa shape index (κ2) is 4.48. The maximum absolute atomic E-state index is 2.45. The molecule has 0 radical (unpaired) electrons. The molecule has 0 heterocycles. The highest BCUT2D eigenvalue weighted by Gasteiger charge is 2.44. The molecule has 0 bridgehead atoms. The molecule has 0 spiro atoms. The molecular formula is C13H26. The van der Waals surface area contributed by atoms with Crippen molar-refractivity contribution in [3.05, 3.63) is 0 Å². The molecule has 1 rings (SSSR count). The van der Waals surface area contributed by atoms with Crippen LogP contribution in [0.5, 0.6) is 0 Å². The van der Waals surface area contributed by atoms with E-state index in [1.165, 1.54) is 38.5 Å². The van der Waals surface area contributed by atoms with Crippen molar-refractivity contribution in [3.8, 4) is 0 Å². The predicted octanol–water partition coefficient (Wildman–Crippen LogP) is 4.64. The Hall–Kier alpha value is 0. The van der Waals surface area contributed by atoms with E-state index in [0.717, 1.165) is 11.8 Å². The van der Waals surface area contributed by atoms with Crippen LogP contribution in [0.2, 0.25) is 0 Å². The fourth-order valence-electron chi connectivity index (χ4n) is 2.58. The largest absolute Gasteiger partial charge is 0.0654 e. The smallest absolute Gasteiger partial charge is 0.0300 e. The van der Waals surface area contributed by atoms with Crippen LogP contribution in [-0.2, 0) is 0 Å². The van der Waals surface area contributed by atoms with Crippen LogP contribution in [0.4, 0.5) is 0 Å². The molecule has 0 aromatic heterocycles. The highest BCUT2D eigenvalue weighted by atomic mass is 14.5. The van der Waals surface area contributed by atoms with Gasteiger partial charge in [-0.15, -0.1) is 0 Å². The van der Waals surface area contributed by atoms with E-state index >= 15 is 0 Å². The van der Waals surface area contributed by atoms with Crippen LogP contribution in [-0.4, -0.2) is 0 Å². The fraction of sp³-hybridized carbons (Fsp3) is 1.00. The molecule has 1 saturated carbocycles. The standard InChI is InChI=1S/C13H26/c1-5-6-7-8-9-12-10-11(2)13(12,3)4/h11-12H,5-10H2,1-4H3. The Labute approximate surface area is 84.1 Å². The van der Waals surface area contributed by atoms with Crippen molar-refractivity contribution in [1.82, 2.24) is 0 Å². The average Bonchev–Trinajstić information content (AvgIpc) is 2.10. The molecular weight excluding hydrogens is 156 g/mol. The minimum absolute atomic E-state index is 0.645. The van der Waals surface area contributed by atoms with Crippen molar-refractivity contribution in [2.75, 3.05) is 0 Å². The van der Waals surface area contributed by atoms with E-state index < -0.39 is 0 Å². The number of unbranched alkanes of at least 4 members (excludes halogenated alkanes) is 3. The fourth-order valence-corrected chi connectivity index (χ4v) is 2.58. The summed E-state index contributed by atoms with van der Waals surface area (Å²) < 4.78 is 0. The van der Waals surface area contributed by atoms with Gasteiger partial charge in [0.2, 0.25) is 0 Å². The van der Waals surface area contributed by atoms with Gasteiger partial charge in [-0.1, -0.05) is 53.4 Å². The summed E-state index contributed by atoms with van der Waals surface area (Å²) in [5.41, 5.74) is 0.645. The minimum Gasteiger partial charge on any atom is -0.0654 e. The molecule has 0 heteroatoms. The van der Waals surface area contributed by atoms with Crippen LogP contribution in [0.15, 0.2) is 0 Å². The van der Waals surface area contributed by atoms with Gasteiger partial charge in [0.1, 0.15) is 0 Å². The molecule has 1 aliphatic carbocycles. The van der Waals surface area contributed by atoms with Gasteiger partial charge in [-0.25, -0.2) is 0 Å². The van der Waals surface area contributed by atoms with E-state index in [-0.39, 0.29) is 0 Å². The van der Waals surface area contributed by atoms with E-state index in [4.69, 9.17) is 0 Å². The van der Waals surface area contributed by atoms with Crippen LogP contribution in [0.25, 0.3) is 0 Å². The Bertz CT molecular complexity index is 146. The summed E-state index contributed by atoms with van der Waals surface area (Å²) in [6.45, 7) is 9.59. The Morgan fingerprint density at radius 2 is 1.85 bits per heavy atom. The van der Waals surface area contributed by atoms with E-state index in [2.05, 4.69) is 27.7 Å². The lowest BCUT2D eigenvalue weighted by molar-refractivity contribution is -0.0145. The summed E-state index contributed by atoms with van der Waals surface area (Å²) in [5.74, 6) is 1.99. The van der Waals surface area contributed by atoms with Gasteiger partial charge in [0.25, 0.3) is 0 Å². The second-order valence-electron chi connectivity index (χ2n) is 5.50. The number of hydrogen-bond donors (Lipinski definition) is 0. The van der Waals surface area contributed by atoms with Crippen molar-refractivity contribution in [2.24, 2.45) is 17.3 Å². The minimum atomic E-state index is 0.645. The Kier molecular flexibility index (Phi) is 3.82. The zero-order chi connectivity index (χ0) is 9.90. The first-order valence-electron chi connectivity index (χ1n) is 6.09. The first kappa shape index (κ1) is 11.1. The lowest BCUT2D eigenvalue weighted by Crippen LogP contribution is -2.42. The SMILES string of the molecule is CCCCCCC1CC(C)C1(C)C. The summed E-state index contributed by atoms with van der Waals surface area (Å²) in [6, 6.07) is 0. The van der Waals surface area contributed by atoms with Crippen LogP contribution in [0.1, 0.15) is 66.2 Å². The molecule has 0 nitrogen and oxygen atoms in total. The molecule has 2 atom stereocenters. The van der Waals surface area contributed by atoms with Crippen molar-refractivity contribution < 1.29 is 0 Å². The van der Waals surface area contributed by atoms with Gasteiger partial charge < -0.3 is 0 Å². The van der Waals surface area contributed by atoms with Gasteiger partial charge in [0, 0.05) is 0 Å². The van der Waals surface area contributed by atoms with Crippen LogP contribution in [0, 0.1) is 17.3 Å². The van der Waals surface area contributed by atoms with Crippen molar-refractivity contribution >= 4 is 0 Å². The van der Waals surface area contributed by atoms with Gasteiger partial charge in [-0.05, 0) is 30.1 Å². The van der Waals surface area contributed by atoms with Gasteiger partial charge >= 0.3 is 0 Å². The van der Waals surface area contributed by atoms with Gasteiger partial charge in [0.05, 0.1) is 0 Å². The quantitative estimate of drug-likeness (QED) is 0.543. The first-order chi connectivity index (χ1) is 6.09. The molecule has 2 unspecified atom stereocenters. The van der Waals surface area contributed by atoms with E-state index in [0.29, 0.717) is 5.41 Å². The number of hydrogen-bond acceptors (Lipinski definition) is 0.